The van der Waals surface area contributed by atoms with Crippen molar-refractivity contribution in [3.05, 3.63) is 60.5 Å². The van der Waals surface area contributed by atoms with Crippen LogP contribution in [0.5, 0.6) is 0 Å². The van der Waals surface area contributed by atoms with Crippen molar-refractivity contribution in [2.75, 3.05) is 0 Å². The summed E-state index contributed by atoms with van der Waals surface area (Å²) in [5, 5.41) is 0. The van der Waals surface area contributed by atoms with Crippen molar-refractivity contribution in [1.29, 1.82) is 0 Å². The lowest BCUT2D eigenvalue weighted by Crippen LogP contribution is -2.01. The summed E-state index contributed by atoms with van der Waals surface area (Å²) in [4.78, 5) is 11.0. The Morgan fingerprint density at radius 3 is 2.67 bits per heavy atom. The highest BCUT2D eigenvalue weighted by atomic mass is 19.1. The number of halogens is 1. The van der Waals surface area contributed by atoms with Crippen molar-refractivity contribution in [2.24, 2.45) is 0 Å². The van der Waals surface area contributed by atoms with Crippen LogP contribution in [0, 0.1) is 0 Å². The number of esters is 1. The van der Waals surface area contributed by atoms with Crippen molar-refractivity contribution < 1.29 is 13.9 Å². The number of rotatable bonds is 4. The van der Waals surface area contributed by atoms with E-state index >= 15 is 0 Å². The van der Waals surface area contributed by atoms with Crippen molar-refractivity contribution in [1.82, 2.24) is 0 Å². The second-order valence-corrected chi connectivity index (χ2v) is 2.83. The molecule has 0 N–H and O–H groups in total. The molecular formula is C12H11FO2. The van der Waals surface area contributed by atoms with Crippen LogP contribution in [0.4, 0.5) is 4.39 Å². The lowest BCUT2D eigenvalue weighted by atomic mass is 10.2. The van der Waals surface area contributed by atoms with Gasteiger partial charge in [-0.2, -0.15) is 0 Å². The molecular weight excluding hydrogens is 195 g/mol. The van der Waals surface area contributed by atoms with Gasteiger partial charge in [-0.3, -0.25) is 0 Å². The number of carbonyl (C=O) groups is 1. The first kappa shape index (κ1) is 11.2. The Morgan fingerprint density at radius 1 is 1.40 bits per heavy atom. The third-order valence-electron chi connectivity index (χ3n) is 1.67. The number of ether oxygens (including phenoxy) is 1. The highest BCUT2D eigenvalue weighted by Gasteiger charge is 2.00. The molecule has 0 saturated heterocycles. The summed E-state index contributed by atoms with van der Waals surface area (Å²) in [5.41, 5.74) is 0.860. The molecule has 0 aliphatic carbocycles. The molecule has 1 aromatic rings. The molecule has 0 aliphatic rings. The predicted molar refractivity (Wildman–Crippen MR) is 55.6 cm³/mol. The molecule has 0 aliphatic heterocycles. The quantitative estimate of drug-likeness (QED) is 0.430. The number of hydrogen-bond donors (Lipinski definition) is 0. The first-order valence-electron chi connectivity index (χ1n) is 4.42. The van der Waals surface area contributed by atoms with Crippen molar-refractivity contribution in [3.63, 3.8) is 0 Å². The molecule has 78 valence electrons. The van der Waals surface area contributed by atoms with Crippen molar-refractivity contribution >= 4 is 5.97 Å². The minimum atomic E-state index is -0.712. The summed E-state index contributed by atoms with van der Waals surface area (Å²) in [6, 6.07) is 9.18. The molecule has 0 radical (unpaired) electrons. The van der Waals surface area contributed by atoms with Crippen LogP contribution in [0.1, 0.15) is 5.56 Å². The normalized spacial score (nSPS) is 10.9. The Bertz CT molecular complexity index is 368. The van der Waals surface area contributed by atoms with Gasteiger partial charge in [-0.15, -0.1) is 0 Å². The van der Waals surface area contributed by atoms with Gasteiger partial charge in [0.2, 0.25) is 0 Å². The summed E-state index contributed by atoms with van der Waals surface area (Å²) in [6.07, 6.45) is 1.71. The van der Waals surface area contributed by atoms with Gasteiger partial charge in [0.25, 0.3) is 0 Å². The van der Waals surface area contributed by atoms with E-state index in [9.17, 15) is 9.18 Å². The van der Waals surface area contributed by atoms with Gasteiger partial charge in [-0.05, 0) is 11.6 Å². The average molecular weight is 206 g/mol. The molecule has 0 saturated carbocycles. The summed E-state index contributed by atoms with van der Waals surface area (Å²) < 4.78 is 17.3. The van der Waals surface area contributed by atoms with Crippen LogP contribution in [-0.2, 0) is 16.1 Å². The molecule has 3 heteroatoms. The maximum atomic E-state index is 12.6. The SMILES string of the molecule is C=C/C(F)=C\C(=O)OCc1ccccc1. The lowest BCUT2D eigenvalue weighted by molar-refractivity contribution is -0.139. The summed E-state index contributed by atoms with van der Waals surface area (Å²) in [6.45, 7) is 3.32. The number of allylic oxidation sites excluding steroid dienone is 2. The molecule has 1 rings (SSSR count). The fraction of sp³-hybridized carbons (Fsp3) is 0.0833. The smallest absolute Gasteiger partial charge is 0.334 e. The fourth-order valence-corrected chi connectivity index (χ4v) is 0.942. The molecule has 15 heavy (non-hydrogen) atoms. The van der Waals surface area contributed by atoms with E-state index < -0.39 is 11.8 Å². The van der Waals surface area contributed by atoms with E-state index in [4.69, 9.17) is 4.74 Å². The maximum absolute atomic E-state index is 12.6. The van der Waals surface area contributed by atoms with Gasteiger partial charge < -0.3 is 4.74 Å². The van der Waals surface area contributed by atoms with Gasteiger partial charge in [0.05, 0.1) is 6.08 Å². The Hall–Kier alpha value is -1.90. The average Bonchev–Trinajstić information content (AvgIpc) is 2.27. The molecule has 0 spiro atoms. The third-order valence-corrected chi connectivity index (χ3v) is 1.67. The van der Waals surface area contributed by atoms with E-state index in [2.05, 4.69) is 6.58 Å². The third kappa shape index (κ3) is 4.22. The standard InChI is InChI=1S/C12H11FO2/c1-2-11(13)8-12(14)15-9-10-6-4-3-5-7-10/h2-8H,1,9H2/b11-8+. The van der Waals surface area contributed by atoms with Gasteiger partial charge in [0, 0.05) is 0 Å². The fourth-order valence-electron chi connectivity index (χ4n) is 0.942. The van der Waals surface area contributed by atoms with E-state index in [1.54, 1.807) is 0 Å². The minimum Gasteiger partial charge on any atom is -0.458 e. The monoisotopic (exact) mass is 206 g/mol. The lowest BCUT2D eigenvalue weighted by Gasteiger charge is -2.01. The summed E-state index contributed by atoms with van der Waals surface area (Å²) in [5.74, 6) is -1.41. The molecule has 0 unspecified atom stereocenters. The van der Waals surface area contributed by atoms with Crippen LogP contribution in [-0.4, -0.2) is 5.97 Å². The van der Waals surface area contributed by atoms with Crippen LogP contribution in [0.25, 0.3) is 0 Å². The van der Waals surface area contributed by atoms with Gasteiger partial charge in [-0.25, -0.2) is 9.18 Å². The van der Waals surface area contributed by atoms with Gasteiger partial charge in [-0.1, -0.05) is 36.9 Å². The van der Waals surface area contributed by atoms with Gasteiger partial charge in [0.1, 0.15) is 12.4 Å². The number of carbonyl (C=O) groups excluding carboxylic acids is 1. The second-order valence-electron chi connectivity index (χ2n) is 2.83. The Morgan fingerprint density at radius 2 is 2.07 bits per heavy atom. The van der Waals surface area contributed by atoms with Crippen LogP contribution < -0.4 is 0 Å². The molecule has 0 bridgehead atoms. The first-order chi connectivity index (χ1) is 7.22. The Labute approximate surface area is 87.7 Å². The van der Waals surface area contributed by atoms with Gasteiger partial charge in [0.15, 0.2) is 0 Å². The Kier molecular flexibility index (Phi) is 4.29. The van der Waals surface area contributed by atoms with Crippen molar-refractivity contribution in [2.45, 2.75) is 6.61 Å². The highest BCUT2D eigenvalue weighted by molar-refractivity contribution is 5.82. The van der Waals surface area contributed by atoms with Crippen molar-refractivity contribution in [3.8, 4) is 0 Å². The molecule has 2 nitrogen and oxygen atoms in total. The number of hydrogen-bond acceptors (Lipinski definition) is 2. The molecule has 0 fully saturated rings. The Balaban J connectivity index is 2.45. The predicted octanol–water partition coefficient (Wildman–Crippen LogP) is 2.77. The highest BCUT2D eigenvalue weighted by Crippen LogP contribution is 2.02. The molecule has 0 atom stereocenters. The molecule has 0 aromatic heterocycles. The zero-order valence-corrected chi connectivity index (χ0v) is 8.15. The first-order valence-corrected chi connectivity index (χ1v) is 4.42. The van der Waals surface area contributed by atoms with Crippen LogP contribution in [0.15, 0.2) is 54.9 Å². The van der Waals surface area contributed by atoms with E-state index in [1.165, 1.54) is 0 Å². The molecule has 1 aromatic carbocycles. The minimum absolute atomic E-state index is 0.139. The van der Waals surface area contributed by atoms with E-state index in [0.29, 0.717) is 0 Å². The largest absolute Gasteiger partial charge is 0.458 e. The van der Waals surface area contributed by atoms with Crippen LogP contribution in [0.2, 0.25) is 0 Å². The number of benzene rings is 1. The topological polar surface area (TPSA) is 26.3 Å². The van der Waals surface area contributed by atoms with E-state index in [0.717, 1.165) is 17.7 Å². The van der Waals surface area contributed by atoms with Crippen LogP contribution >= 0.6 is 0 Å². The summed E-state index contributed by atoms with van der Waals surface area (Å²) >= 11 is 0. The summed E-state index contributed by atoms with van der Waals surface area (Å²) in [7, 11) is 0. The zero-order chi connectivity index (χ0) is 11.1. The van der Waals surface area contributed by atoms with E-state index in [-0.39, 0.29) is 6.61 Å². The maximum Gasteiger partial charge on any atom is 0.334 e. The second kappa shape index (κ2) is 5.75. The zero-order valence-electron chi connectivity index (χ0n) is 8.15. The molecule has 0 heterocycles. The van der Waals surface area contributed by atoms with E-state index in [1.807, 2.05) is 30.3 Å². The van der Waals surface area contributed by atoms with Crippen LogP contribution in [0.3, 0.4) is 0 Å². The molecule has 0 amide bonds. The van der Waals surface area contributed by atoms with Gasteiger partial charge >= 0.3 is 5.97 Å².